The van der Waals surface area contributed by atoms with Gasteiger partial charge in [-0.15, -0.1) is 0 Å². The van der Waals surface area contributed by atoms with Gasteiger partial charge in [-0.1, -0.05) is 6.92 Å². The molecule has 18 heavy (non-hydrogen) atoms. The lowest BCUT2D eigenvalue weighted by Gasteiger charge is -2.17. The summed E-state index contributed by atoms with van der Waals surface area (Å²) in [6.07, 6.45) is 1.01. The third kappa shape index (κ3) is 2.52. The Kier molecular flexibility index (Phi) is 4.28. The van der Waals surface area contributed by atoms with Crippen molar-refractivity contribution in [2.24, 2.45) is 0 Å². The Bertz CT molecular complexity index is 408. The molecular weight excluding hydrogens is 234 g/mol. The molecule has 0 spiro atoms. The van der Waals surface area contributed by atoms with Crippen molar-refractivity contribution in [1.29, 1.82) is 0 Å². The van der Waals surface area contributed by atoms with Crippen molar-refractivity contribution in [3.8, 4) is 17.2 Å². The Morgan fingerprint density at radius 3 is 2.94 bits per heavy atom. The Labute approximate surface area is 107 Å². The SMILES string of the molecule is CCCNC(CO)c1cc(OC)c2c(c1)OCO2. The van der Waals surface area contributed by atoms with Gasteiger partial charge in [-0.05, 0) is 30.7 Å². The van der Waals surface area contributed by atoms with E-state index in [1.54, 1.807) is 7.11 Å². The summed E-state index contributed by atoms with van der Waals surface area (Å²) >= 11 is 0. The first-order valence-corrected chi connectivity index (χ1v) is 6.12. The lowest BCUT2D eigenvalue weighted by Crippen LogP contribution is -2.25. The monoisotopic (exact) mass is 253 g/mol. The largest absolute Gasteiger partial charge is 0.493 e. The van der Waals surface area contributed by atoms with Crippen molar-refractivity contribution >= 4 is 0 Å². The highest BCUT2D eigenvalue weighted by molar-refractivity contribution is 5.55. The summed E-state index contributed by atoms with van der Waals surface area (Å²) in [5, 5.41) is 12.7. The van der Waals surface area contributed by atoms with Crippen LogP contribution in [0.4, 0.5) is 0 Å². The quantitative estimate of drug-likeness (QED) is 0.803. The summed E-state index contributed by atoms with van der Waals surface area (Å²) in [5.74, 6) is 1.94. The second-order valence-electron chi connectivity index (χ2n) is 4.15. The van der Waals surface area contributed by atoms with Crippen LogP contribution in [0.25, 0.3) is 0 Å². The molecule has 1 aliphatic heterocycles. The molecule has 2 N–H and O–H groups in total. The minimum Gasteiger partial charge on any atom is -0.493 e. The highest BCUT2D eigenvalue weighted by atomic mass is 16.7. The third-order valence-electron chi connectivity index (χ3n) is 2.91. The highest BCUT2D eigenvalue weighted by Crippen LogP contribution is 2.42. The molecule has 1 aliphatic rings. The first-order valence-electron chi connectivity index (χ1n) is 6.12. The van der Waals surface area contributed by atoms with Crippen molar-refractivity contribution in [3.05, 3.63) is 17.7 Å². The lowest BCUT2D eigenvalue weighted by atomic mass is 10.1. The van der Waals surface area contributed by atoms with E-state index in [1.165, 1.54) is 0 Å². The van der Waals surface area contributed by atoms with Gasteiger partial charge in [0.05, 0.1) is 19.8 Å². The van der Waals surface area contributed by atoms with E-state index >= 15 is 0 Å². The van der Waals surface area contributed by atoms with Crippen LogP contribution in [0.1, 0.15) is 24.9 Å². The number of ether oxygens (including phenoxy) is 3. The molecule has 1 aromatic carbocycles. The zero-order valence-corrected chi connectivity index (χ0v) is 10.7. The van der Waals surface area contributed by atoms with Gasteiger partial charge in [0.1, 0.15) is 0 Å². The van der Waals surface area contributed by atoms with Gasteiger partial charge in [-0.25, -0.2) is 0 Å². The van der Waals surface area contributed by atoms with Gasteiger partial charge in [-0.2, -0.15) is 0 Å². The number of fused-ring (bicyclic) bond motifs is 1. The number of rotatable bonds is 6. The fourth-order valence-electron chi connectivity index (χ4n) is 1.96. The van der Waals surface area contributed by atoms with Crippen LogP contribution in [0.5, 0.6) is 17.2 Å². The predicted molar refractivity (Wildman–Crippen MR) is 67.2 cm³/mol. The van der Waals surface area contributed by atoms with E-state index in [0.717, 1.165) is 18.5 Å². The minimum absolute atomic E-state index is 0.0306. The Hall–Kier alpha value is -1.46. The summed E-state index contributed by atoms with van der Waals surface area (Å²) < 4.78 is 16.0. The third-order valence-corrected chi connectivity index (χ3v) is 2.91. The molecule has 1 heterocycles. The number of aliphatic hydroxyl groups excluding tert-OH is 1. The molecule has 0 aromatic heterocycles. The van der Waals surface area contributed by atoms with Crippen molar-refractivity contribution in [1.82, 2.24) is 5.32 Å². The summed E-state index contributed by atoms with van der Waals surface area (Å²) in [5.41, 5.74) is 0.937. The number of benzene rings is 1. The standard InChI is InChI=1S/C13H19NO4/c1-3-4-14-10(7-15)9-5-11(16-2)13-12(6-9)17-8-18-13/h5-6,10,14-15H,3-4,7-8H2,1-2H3. The number of methoxy groups -OCH3 is 1. The maximum absolute atomic E-state index is 9.44. The molecule has 0 aliphatic carbocycles. The highest BCUT2D eigenvalue weighted by Gasteiger charge is 2.22. The maximum atomic E-state index is 9.44. The smallest absolute Gasteiger partial charge is 0.231 e. The molecule has 0 amide bonds. The summed E-state index contributed by atoms with van der Waals surface area (Å²) in [6, 6.07) is 3.64. The van der Waals surface area contributed by atoms with Crippen LogP contribution in [0.2, 0.25) is 0 Å². The lowest BCUT2D eigenvalue weighted by molar-refractivity contribution is 0.171. The molecule has 0 bridgehead atoms. The van der Waals surface area contributed by atoms with Crippen molar-refractivity contribution in [2.45, 2.75) is 19.4 Å². The predicted octanol–water partition coefficient (Wildman–Crippen LogP) is 1.46. The van der Waals surface area contributed by atoms with E-state index in [-0.39, 0.29) is 19.4 Å². The number of nitrogens with one attached hydrogen (secondary N) is 1. The van der Waals surface area contributed by atoms with Crippen LogP contribution < -0.4 is 19.5 Å². The summed E-state index contributed by atoms with van der Waals surface area (Å²) in [4.78, 5) is 0. The normalized spacial score (nSPS) is 14.6. The van der Waals surface area contributed by atoms with E-state index in [0.29, 0.717) is 17.2 Å². The summed E-state index contributed by atoms with van der Waals surface area (Å²) in [6.45, 7) is 3.17. The van der Waals surface area contributed by atoms with Crippen molar-refractivity contribution in [2.75, 3.05) is 27.1 Å². The molecule has 0 radical (unpaired) electrons. The molecule has 0 saturated heterocycles. The van der Waals surface area contributed by atoms with Crippen LogP contribution in [-0.4, -0.2) is 32.2 Å². The fourth-order valence-corrected chi connectivity index (χ4v) is 1.96. The van der Waals surface area contributed by atoms with Gasteiger partial charge in [-0.3, -0.25) is 0 Å². The average molecular weight is 253 g/mol. The van der Waals surface area contributed by atoms with E-state index in [4.69, 9.17) is 14.2 Å². The Morgan fingerprint density at radius 1 is 1.44 bits per heavy atom. The first kappa shape index (κ1) is 13.0. The van der Waals surface area contributed by atoms with E-state index in [1.807, 2.05) is 12.1 Å². The fraction of sp³-hybridized carbons (Fsp3) is 0.538. The van der Waals surface area contributed by atoms with Crippen LogP contribution in [0, 0.1) is 0 Å². The zero-order chi connectivity index (χ0) is 13.0. The number of aliphatic hydroxyl groups is 1. The molecule has 5 heteroatoms. The molecule has 1 unspecified atom stereocenters. The number of hydrogen-bond acceptors (Lipinski definition) is 5. The molecule has 2 rings (SSSR count). The van der Waals surface area contributed by atoms with E-state index in [2.05, 4.69) is 12.2 Å². The van der Waals surface area contributed by atoms with Crippen molar-refractivity contribution in [3.63, 3.8) is 0 Å². The van der Waals surface area contributed by atoms with Gasteiger partial charge >= 0.3 is 0 Å². The second-order valence-corrected chi connectivity index (χ2v) is 4.15. The van der Waals surface area contributed by atoms with Gasteiger partial charge in [0.2, 0.25) is 12.5 Å². The zero-order valence-electron chi connectivity index (χ0n) is 10.7. The first-order chi connectivity index (χ1) is 8.80. The molecule has 100 valence electrons. The van der Waals surface area contributed by atoms with Crippen LogP contribution in [-0.2, 0) is 0 Å². The number of hydrogen-bond donors (Lipinski definition) is 2. The van der Waals surface area contributed by atoms with E-state index in [9.17, 15) is 5.11 Å². The van der Waals surface area contributed by atoms with Crippen LogP contribution in [0.3, 0.4) is 0 Å². The topological polar surface area (TPSA) is 60.0 Å². The van der Waals surface area contributed by atoms with E-state index < -0.39 is 0 Å². The van der Waals surface area contributed by atoms with Crippen molar-refractivity contribution < 1.29 is 19.3 Å². The van der Waals surface area contributed by atoms with Gasteiger partial charge < -0.3 is 24.6 Å². The second kappa shape index (κ2) is 5.93. The molecule has 0 saturated carbocycles. The summed E-state index contributed by atoms with van der Waals surface area (Å²) in [7, 11) is 1.59. The van der Waals surface area contributed by atoms with Gasteiger partial charge in [0.15, 0.2) is 11.5 Å². The Balaban J connectivity index is 2.27. The minimum atomic E-state index is -0.117. The Morgan fingerprint density at radius 2 is 2.28 bits per heavy atom. The average Bonchev–Trinajstić information content (AvgIpc) is 2.87. The maximum Gasteiger partial charge on any atom is 0.231 e. The van der Waals surface area contributed by atoms with Crippen LogP contribution in [0.15, 0.2) is 12.1 Å². The molecule has 1 atom stereocenters. The molecular formula is C13H19NO4. The van der Waals surface area contributed by atoms with Gasteiger partial charge in [0, 0.05) is 0 Å². The molecule has 0 fully saturated rings. The van der Waals surface area contributed by atoms with Gasteiger partial charge in [0.25, 0.3) is 0 Å². The molecule has 1 aromatic rings. The molecule has 5 nitrogen and oxygen atoms in total. The van der Waals surface area contributed by atoms with Crippen LogP contribution >= 0.6 is 0 Å².